The molecule has 2 fully saturated rings. The van der Waals surface area contributed by atoms with Crippen LogP contribution in [0.1, 0.15) is 68.3 Å². The second-order valence-corrected chi connectivity index (χ2v) is 9.33. The van der Waals surface area contributed by atoms with Crippen LogP contribution in [0.15, 0.2) is 24.3 Å². The van der Waals surface area contributed by atoms with Gasteiger partial charge in [-0.25, -0.2) is 9.59 Å². The van der Waals surface area contributed by atoms with E-state index < -0.39 is 11.6 Å². The predicted molar refractivity (Wildman–Crippen MR) is 108 cm³/mol. The van der Waals surface area contributed by atoms with Gasteiger partial charge < -0.3 is 20.1 Å². The highest BCUT2D eigenvalue weighted by Gasteiger charge is 2.44. The van der Waals surface area contributed by atoms with Gasteiger partial charge in [0.2, 0.25) is 0 Å². The monoisotopic (exact) mass is 388 g/mol. The number of hydrogen-bond acceptors (Lipinski definition) is 4. The zero-order valence-corrected chi connectivity index (χ0v) is 17.2. The maximum Gasteiger partial charge on any atom is 0.407 e. The van der Waals surface area contributed by atoms with Crippen molar-refractivity contribution in [2.75, 3.05) is 26.2 Å². The summed E-state index contributed by atoms with van der Waals surface area (Å²) < 4.78 is 5.34. The van der Waals surface area contributed by atoms with Gasteiger partial charge in [0.05, 0.1) is 5.56 Å². The van der Waals surface area contributed by atoms with Gasteiger partial charge in [0.1, 0.15) is 5.60 Å². The summed E-state index contributed by atoms with van der Waals surface area (Å²) in [6.45, 7) is 9.40. The Morgan fingerprint density at radius 3 is 2.29 bits per heavy atom. The summed E-state index contributed by atoms with van der Waals surface area (Å²) in [5.41, 5.74) is 1.31. The number of hydrogen-bond donors (Lipinski definition) is 2. The van der Waals surface area contributed by atoms with E-state index in [1.807, 2.05) is 32.9 Å². The van der Waals surface area contributed by atoms with Crippen molar-refractivity contribution in [1.82, 2.24) is 10.2 Å². The number of benzene rings is 1. The number of likely N-dealkylation sites (tertiary alicyclic amines) is 1. The fraction of sp³-hybridized carbons (Fsp3) is 0.636. The van der Waals surface area contributed by atoms with Gasteiger partial charge in [0, 0.05) is 18.5 Å². The number of carboxylic acid groups (broad SMARTS) is 1. The molecule has 0 radical (unpaired) electrons. The van der Waals surface area contributed by atoms with E-state index in [1.54, 1.807) is 12.1 Å². The third kappa shape index (κ3) is 5.71. The quantitative estimate of drug-likeness (QED) is 0.773. The van der Waals surface area contributed by atoms with Gasteiger partial charge in [-0.3, -0.25) is 0 Å². The molecule has 0 bridgehead atoms. The predicted octanol–water partition coefficient (Wildman–Crippen LogP) is 3.87. The normalized spacial score (nSPS) is 19.8. The number of alkyl carbamates (subject to hydrolysis) is 1. The van der Waals surface area contributed by atoms with Gasteiger partial charge in [-0.15, -0.1) is 0 Å². The van der Waals surface area contributed by atoms with Crippen LogP contribution in [-0.4, -0.2) is 53.8 Å². The zero-order chi connectivity index (χ0) is 20.4. The maximum atomic E-state index is 11.9. The van der Waals surface area contributed by atoms with Crippen molar-refractivity contribution in [3.8, 4) is 0 Å². The summed E-state index contributed by atoms with van der Waals surface area (Å²) in [4.78, 5) is 25.4. The van der Waals surface area contributed by atoms with Gasteiger partial charge in [0.25, 0.3) is 0 Å². The highest BCUT2D eigenvalue weighted by atomic mass is 16.6. The summed E-state index contributed by atoms with van der Waals surface area (Å²) >= 11 is 0. The van der Waals surface area contributed by atoms with Crippen molar-refractivity contribution < 1.29 is 19.4 Å². The minimum Gasteiger partial charge on any atom is -0.478 e. The molecule has 1 aromatic carbocycles. The van der Waals surface area contributed by atoms with Crippen molar-refractivity contribution >= 4 is 12.1 Å². The lowest BCUT2D eigenvalue weighted by Crippen LogP contribution is -2.42. The Bertz CT molecular complexity index is 696. The highest BCUT2D eigenvalue weighted by Crippen LogP contribution is 2.46. The topological polar surface area (TPSA) is 78.9 Å². The average Bonchev–Trinajstić information content (AvgIpc) is 3.39. The second-order valence-electron chi connectivity index (χ2n) is 9.33. The molecule has 1 aliphatic heterocycles. The fourth-order valence-corrected chi connectivity index (χ4v) is 3.94. The number of carbonyl (C=O) groups excluding carboxylic acids is 1. The van der Waals surface area contributed by atoms with Crippen LogP contribution in [0.2, 0.25) is 0 Å². The van der Waals surface area contributed by atoms with E-state index in [0.29, 0.717) is 18.0 Å². The molecule has 1 aliphatic carbocycles. The van der Waals surface area contributed by atoms with Crippen molar-refractivity contribution in [1.29, 1.82) is 0 Å². The first-order valence-corrected chi connectivity index (χ1v) is 10.2. The summed E-state index contributed by atoms with van der Waals surface area (Å²) in [5.74, 6) is -0.384. The molecule has 2 aliphatic rings. The van der Waals surface area contributed by atoms with Crippen LogP contribution >= 0.6 is 0 Å². The lowest BCUT2D eigenvalue weighted by Gasteiger charge is -2.34. The molecule has 6 nitrogen and oxygen atoms in total. The van der Waals surface area contributed by atoms with Crippen molar-refractivity contribution in [2.45, 2.75) is 58.0 Å². The molecule has 1 aromatic rings. The molecule has 2 N–H and O–H groups in total. The van der Waals surface area contributed by atoms with Crippen LogP contribution < -0.4 is 5.32 Å². The number of nitrogens with one attached hydrogen (secondary N) is 1. The van der Waals surface area contributed by atoms with Crippen molar-refractivity contribution in [3.63, 3.8) is 0 Å². The third-order valence-corrected chi connectivity index (χ3v) is 5.74. The fourth-order valence-electron chi connectivity index (χ4n) is 3.94. The average molecular weight is 389 g/mol. The third-order valence-electron chi connectivity index (χ3n) is 5.74. The van der Waals surface area contributed by atoms with Gasteiger partial charge in [-0.05, 0) is 83.2 Å². The summed E-state index contributed by atoms with van der Waals surface area (Å²) in [7, 11) is 0. The molecule has 0 spiro atoms. The van der Waals surface area contributed by atoms with Gasteiger partial charge in [-0.1, -0.05) is 12.1 Å². The number of aromatic carboxylic acids is 1. The van der Waals surface area contributed by atoms with E-state index in [1.165, 1.54) is 5.56 Å². The Morgan fingerprint density at radius 2 is 1.79 bits per heavy atom. The Morgan fingerprint density at radius 1 is 1.18 bits per heavy atom. The first kappa shape index (κ1) is 20.6. The zero-order valence-electron chi connectivity index (χ0n) is 17.2. The Kier molecular flexibility index (Phi) is 5.98. The molecular formula is C22H32N2O4. The molecule has 1 saturated heterocycles. The van der Waals surface area contributed by atoms with Crippen LogP contribution in [0.3, 0.4) is 0 Å². The number of amides is 1. The van der Waals surface area contributed by atoms with E-state index in [9.17, 15) is 9.59 Å². The minimum atomic E-state index is -0.879. The first-order valence-electron chi connectivity index (χ1n) is 10.2. The van der Waals surface area contributed by atoms with E-state index in [0.717, 1.165) is 45.3 Å². The number of carbonyl (C=O) groups is 2. The largest absolute Gasteiger partial charge is 0.478 e. The van der Waals surface area contributed by atoms with E-state index in [-0.39, 0.29) is 11.5 Å². The SMILES string of the molecule is CC(C)(C)OC(=O)NCC1(CN2CCC(c3ccc(C(=O)O)cc3)CC2)CC1. The molecule has 1 amide bonds. The lowest BCUT2D eigenvalue weighted by molar-refractivity contribution is 0.0508. The van der Waals surface area contributed by atoms with E-state index in [4.69, 9.17) is 9.84 Å². The Labute approximate surface area is 167 Å². The van der Waals surface area contributed by atoms with Crippen molar-refractivity contribution in [2.24, 2.45) is 5.41 Å². The maximum absolute atomic E-state index is 11.9. The molecule has 0 aromatic heterocycles. The lowest BCUT2D eigenvalue weighted by atomic mass is 9.88. The first-order chi connectivity index (χ1) is 13.2. The van der Waals surface area contributed by atoms with E-state index >= 15 is 0 Å². The number of carboxylic acids is 1. The number of rotatable bonds is 6. The number of ether oxygens (including phenoxy) is 1. The van der Waals surface area contributed by atoms with Gasteiger partial charge in [-0.2, -0.15) is 0 Å². The van der Waals surface area contributed by atoms with Crippen LogP contribution in [0.4, 0.5) is 4.79 Å². The molecule has 0 unspecified atom stereocenters. The molecule has 154 valence electrons. The number of nitrogens with zero attached hydrogens (tertiary/aromatic N) is 1. The summed E-state index contributed by atoms with van der Waals surface area (Å²) in [6, 6.07) is 7.31. The minimum absolute atomic E-state index is 0.201. The summed E-state index contributed by atoms with van der Waals surface area (Å²) in [5, 5.41) is 12.0. The standard InChI is InChI=1S/C22H32N2O4/c1-21(2,3)28-20(27)23-14-22(10-11-22)15-24-12-8-17(9-13-24)16-4-6-18(7-5-16)19(25)26/h4-7,17H,8-15H2,1-3H3,(H,23,27)(H,25,26). The molecule has 1 saturated carbocycles. The highest BCUT2D eigenvalue weighted by molar-refractivity contribution is 5.87. The number of piperidine rings is 1. The van der Waals surface area contributed by atoms with Crippen LogP contribution in [0.25, 0.3) is 0 Å². The van der Waals surface area contributed by atoms with Crippen LogP contribution in [0.5, 0.6) is 0 Å². The molecule has 28 heavy (non-hydrogen) atoms. The molecule has 3 rings (SSSR count). The van der Waals surface area contributed by atoms with Crippen molar-refractivity contribution in [3.05, 3.63) is 35.4 Å². The van der Waals surface area contributed by atoms with Gasteiger partial charge in [0.15, 0.2) is 0 Å². The Hall–Kier alpha value is -2.08. The second kappa shape index (κ2) is 8.11. The molecule has 0 atom stereocenters. The van der Waals surface area contributed by atoms with Crippen LogP contribution in [-0.2, 0) is 4.74 Å². The molecule has 1 heterocycles. The molecular weight excluding hydrogens is 356 g/mol. The molecule has 6 heteroatoms. The Balaban J connectivity index is 1.44. The van der Waals surface area contributed by atoms with Crippen LogP contribution in [0, 0.1) is 5.41 Å². The smallest absolute Gasteiger partial charge is 0.407 e. The van der Waals surface area contributed by atoms with E-state index in [2.05, 4.69) is 10.2 Å². The summed E-state index contributed by atoms with van der Waals surface area (Å²) in [6.07, 6.45) is 4.14. The van der Waals surface area contributed by atoms with Gasteiger partial charge >= 0.3 is 12.1 Å².